The first-order valence-corrected chi connectivity index (χ1v) is 6.50. The maximum Gasteiger partial charge on any atom is 0.269 e. The van der Waals surface area contributed by atoms with E-state index in [1.807, 2.05) is 18.2 Å². The van der Waals surface area contributed by atoms with Gasteiger partial charge in [0.25, 0.3) is 5.69 Å². The third-order valence-corrected chi connectivity index (χ3v) is 3.07. The van der Waals surface area contributed by atoms with E-state index in [-0.39, 0.29) is 11.6 Å². The molecule has 2 aromatic rings. The number of nitro benzene ring substituents is 1. The summed E-state index contributed by atoms with van der Waals surface area (Å²) in [6, 6.07) is 11.6. The molecule has 1 amide bonds. The molecule has 1 aromatic carbocycles. The number of nitro groups is 1. The molecule has 0 saturated carbocycles. The first-order valence-electron chi connectivity index (χ1n) is 6.50. The van der Waals surface area contributed by atoms with Crippen molar-refractivity contribution < 1.29 is 9.72 Å². The number of benzene rings is 1. The number of amides is 1. The molecule has 0 saturated heterocycles. The van der Waals surface area contributed by atoms with Crippen molar-refractivity contribution in [2.45, 2.75) is 13.3 Å². The molecule has 2 rings (SSSR count). The van der Waals surface area contributed by atoms with Crippen LogP contribution in [-0.2, 0) is 11.2 Å². The Morgan fingerprint density at radius 2 is 1.95 bits per heavy atom. The largest absolute Gasteiger partial charge is 0.312 e. The quantitative estimate of drug-likeness (QED) is 0.625. The van der Waals surface area contributed by atoms with Crippen molar-refractivity contribution >= 4 is 17.3 Å². The van der Waals surface area contributed by atoms with Gasteiger partial charge in [-0.3, -0.25) is 19.9 Å². The van der Waals surface area contributed by atoms with E-state index in [2.05, 4.69) is 4.98 Å². The Balaban J connectivity index is 2.11. The lowest BCUT2D eigenvalue weighted by Gasteiger charge is -2.20. The zero-order valence-corrected chi connectivity index (χ0v) is 11.6. The van der Waals surface area contributed by atoms with Crippen LogP contribution in [0.2, 0.25) is 0 Å². The molecule has 6 nitrogen and oxygen atoms in total. The number of nitrogens with zero attached hydrogens (tertiary/aromatic N) is 3. The molecule has 6 heteroatoms. The van der Waals surface area contributed by atoms with E-state index < -0.39 is 4.92 Å². The van der Waals surface area contributed by atoms with Crippen LogP contribution in [0.4, 0.5) is 11.4 Å². The van der Waals surface area contributed by atoms with Gasteiger partial charge in [-0.1, -0.05) is 6.07 Å². The maximum absolute atomic E-state index is 11.8. The van der Waals surface area contributed by atoms with E-state index in [0.29, 0.717) is 18.7 Å². The number of rotatable bonds is 5. The smallest absolute Gasteiger partial charge is 0.269 e. The molecule has 0 atom stereocenters. The zero-order chi connectivity index (χ0) is 15.2. The predicted octanol–water partition coefficient (Wildman–Crippen LogP) is 2.59. The number of anilines is 1. The van der Waals surface area contributed by atoms with Gasteiger partial charge in [-0.2, -0.15) is 0 Å². The molecule has 0 spiro atoms. The summed E-state index contributed by atoms with van der Waals surface area (Å²) in [5, 5.41) is 10.6. The molecule has 0 aliphatic heterocycles. The van der Waals surface area contributed by atoms with Gasteiger partial charge in [-0.05, 0) is 24.3 Å². The Hall–Kier alpha value is -2.76. The lowest BCUT2D eigenvalue weighted by Crippen LogP contribution is -2.30. The summed E-state index contributed by atoms with van der Waals surface area (Å²) in [5.74, 6) is -0.111. The van der Waals surface area contributed by atoms with E-state index in [1.54, 1.807) is 23.2 Å². The maximum atomic E-state index is 11.8. The summed E-state index contributed by atoms with van der Waals surface area (Å²) in [6.07, 6.45) is 2.33. The van der Waals surface area contributed by atoms with Crippen molar-refractivity contribution in [1.82, 2.24) is 4.98 Å². The van der Waals surface area contributed by atoms with Crippen molar-refractivity contribution in [1.29, 1.82) is 0 Å². The molecule has 0 N–H and O–H groups in total. The molecule has 21 heavy (non-hydrogen) atoms. The number of hydrogen-bond acceptors (Lipinski definition) is 4. The lowest BCUT2D eigenvalue weighted by molar-refractivity contribution is -0.384. The van der Waals surface area contributed by atoms with E-state index in [9.17, 15) is 14.9 Å². The van der Waals surface area contributed by atoms with Gasteiger partial charge in [0.05, 0.1) is 4.92 Å². The van der Waals surface area contributed by atoms with Crippen LogP contribution in [0.5, 0.6) is 0 Å². The number of carbonyl (C=O) groups is 1. The molecule has 0 fully saturated rings. The molecule has 0 aliphatic carbocycles. The summed E-state index contributed by atoms with van der Waals surface area (Å²) in [6.45, 7) is 1.95. The highest BCUT2D eigenvalue weighted by Crippen LogP contribution is 2.19. The Morgan fingerprint density at radius 3 is 2.48 bits per heavy atom. The van der Waals surface area contributed by atoms with Crippen LogP contribution in [0.15, 0.2) is 48.7 Å². The Bertz CT molecular complexity index is 626. The van der Waals surface area contributed by atoms with Crippen LogP contribution < -0.4 is 4.90 Å². The fraction of sp³-hybridized carbons (Fsp3) is 0.200. The Labute approximate surface area is 122 Å². The highest BCUT2D eigenvalue weighted by atomic mass is 16.6. The van der Waals surface area contributed by atoms with Gasteiger partial charge in [0.15, 0.2) is 0 Å². The van der Waals surface area contributed by atoms with Crippen molar-refractivity contribution in [2.75, 3.05) is 11.4 Å². The average molecular weight is 285 g/mol. The van der Waals surface area contributed by atoms with Crippen molar-refractivity contribution in [3.63, 3.8) is 0 Å². The molecule has 1 heterocycles. The second kappa shape index (κ2) is 6.60. The fourth-order valence-corrected chi connectivity index (χ4v) is 2.00. The fourth-order valence-electron chi connectivity index (χ4n) is 2.00. The summed E-state index contributed by atoms with van der Waals surface area (Å²) < 4.78 is 0. The number of carbonyl (C=O) groups excluding carboxylic acids is 1. The summed E-state index contributed by atoms with van der Waals surface area (Å²) in [5.41, 5.74) is 1.54. The van der Waals surface area contributed by atoms with E-state index in [0.717, 1.165) is 5.69 Å². The molecular weight excluding hydrogens is 270 g/mol. The number of aromatic nitrogens is 1. The molecular formula is C15H15N3O3. The molecule has 0 aliphatic rings. The molecule has 0 bridgehead atoms. The van der Waals surface area contributed by atoms with Crippen LogP contribution in [0.1, 0.15) is 12.6 Å². The normalized spacial score (nSPS) is 10.1. The third kappa shape index (κ3) is 3.85. The minimum atomic E-state index is -0.463. The highest BCUT2D eigenvalue weighted by molar-refractivity contribution is 5.91. The monoisotopic (exact) mass is 285 g/mol. The van der Waals surface area contributed by atoms with E-state index >= 15 is 0 Å². The molecule has 0 radical (unpaired) electrons. The van der Waals surface area contributed by atoms with Gasteiger partial charge in [0.1, 0.15) is 0 Å². The number of non-ortho nitro benzene ring substituents is 1. The minimum Gasteiger partial charge on any atom is -0.312 e. The number of hydrogen-bond donors (Lipinski definition) is 0. The van der Waals surface area contributed by atoms with E-state index in [4.69, 9.17) is 0 Å². The first-order chi connectivity index (χ1) is 10.1. The van der Waals surface area contributed by atoms with Gasteiger partial charge < -0.3 is 4.90 Å². The first kappa shape index (κ1) is 14.6. The second-order valence-electron chi connectivity index (χ2n) is 4.52. The average Bonchev–Trinajstić information content (AvgIpc) is 2.48. The van der Waals surface area contributed by atoms with E-state index in [1.165, 1.54) is 19.1 Å². The van der Waals surface area contributed by atoms with Crippen LogP contribution in [-0.4, -0.2) is 22.4 Å². The SMILES string of the molecule is CC(=O)N(CCc1ccccn1)c1ccc([N+](=O)[O-])cc1. The van der Waals surface area contributed by atoms with Crippen LogP contribution in [0, 0.1) is 10.1 Å². The van der Waals surface area contributed by atoms with Crippen molar-refractivity contribution in [3.05, 3.63) is 64.5 Å². The highest BCUT2D eigenvalue weighted by Gasteiger charge is 2.13. The standard InChI is InChI=1S/C15H15N3O3/c1-12(19)17(11-9-13-4-2-3-10-16-13)14-5-7-15(8-6-14)18(20)21/h2-8,10H,9,11H2,1H3. The topological polar surface area (TPSA) is 76.3 Å². The summed E-state index contributed by atoms with van der Waals surface area (Å²) >= 11 is 0. The van der Waals surface area contributed by atoms with Gasteiger partial charge in [0.2, 0.25) is 5.91 Å². The number of pyridine rings is 1. The predicted molar refractivity (Wildman–Crippen MR) is 79.1 cm³/mol. The van der Waals surface area contributed by atoms with Crippen molar-refractivity contribution in [2.24, 2.45) is 0 Å². The van der Waals surface area contributed by atoms with Crippen LogP contribution in [0.25, 0.3) is 0 Å². The molecule has 1 aromatic heterocycles. The minimum absolute atomic E-state index is 0.00646. The summed E-state index contributed by atoms with van der Waals surface area (Å²) in [4.78, 5) is 27.7. The van der Waals surface area contributed by atoms with Gasteiger partial charge in [-0.15, -0.1) is 0 Å². The van der Waals surface area contributed by atoms with Crippen LogP contribution >= 0.6 is 0 Å². The lowest BCUT2D eigenvalue weighted by atomic mass is 10.2. The Kier molecular flexibility index (Phi) is 4.61. The second-order valence-corrected chi connectivity index (χ2v) is 4.52. The molecule has 108 valence electrons. The summed E-state index contributed by atoms with van der Waals surface area (Å²) in [7, 11) is 0. The van der Waals surface area contributed by atoms with Gasteiger partial charge in [0, 0.05) is 49.6 Å². The third-order valence-electron chi connectivity index (χ3n) is 3.07. The molecule has 0 unspecified atom stereocenters. The van der Waals surface area contributed by atoms with Crippen molar-refractivity contribution in [3.8, 4) is 0 Å². The zero-order valence-electron chi connectivity index (χ0n) is 11.6. The van der Waals surface area contributed by atoms with Gasteiger partial charge >= 0.3 is 0 Å². The van der Waals surface area contributed by atoms with Gasteiger partial charge in [-0.25, -0.2) is 0 Å². The Morgan fingerprint density at radius 1 is 1.24 bits per heavy atom. The van der Waals surface area contributed by atoms with Crippen LogP contribution in [0.3, 0.4) is 0 Å².